The van der Waals surface area contributed by atoms with Gasteiger partial charge in [0, 0.05) is 32.0 Å². The maximum atomic E-state index is 12.8. The highest BCUT2D eigenvalue weighted by atomic mass is 16.5. The van der Waals surface area contributed by atoms with Crippen LogP contribution in [0, 0.1) is 13.8 Å². The summed E-state index contributed by atoms with van der Waals surface area (Å²) in [6.45, 7) is 5.09. The second kappa shape index (κ2) is 8.61. The van der Waals surface area contributed by atoms with Crippen molar-refractivity contribution in [3.63, 3.8) is 0 Å². The zero-order chi connectivity index (χ0) is 22.9. The lowest BCUT2D eigenvalue weighted by molar-refractivity contribution is -0.129. The van der Waals surface area contributed by atoms with Gasteiger partial charge in [-0.05, 0) is 60.9 Å². The summed E-state index contributed by atoms with van der Waals surface area (Å²) >= 11 is 0. The van der Waals surface area contributed by atoms with E-state index in [9.17, 15) is 14.4 Å². The Morgan fingerprint density at radius 2 is 1.72 bits per heavy atom. The molecule has 0 unspecified atom stereocenters. The van der Waals surface area contributed by atoms with E-state index >= 15 is 0 Å². The minimum atomic E-state index is -0.532. The minimum Gasteiger partial charge on any atom is -0.486 e. The lowest BCUT2D eigenvalue weighted by Crippen LogP contribution is -2.52. The number of benzene rings is 2. The molecule has 1 amide bonds. The van der Waals surface area contributed by atoms with E-state index in [4.69, 9.17) is 4.74 Å². The van der Waals surface area contributed by atoms with Gasteiger partial charge in [-0.3, -0.25) is 9.59 Å². The van der Waals surface area contributed by atoms with Gasteiger partial charge in [0.1, 0.15) is 11.4 Å². The van der Waals surface area contributed by atoms with Crippen LogP contribution < -0.4 is 4.74 Å². The Kier molecular flexibility index (Phi) is 5.87. The Morgan fingerprint density at radius 3 is 2.38 bits per heavy atom. The number of rotatable bonds is 3. The average Bonchev–Trinajstić information content (AvgIpc) is 2.79. The molecule has 2 aromatic carbocycles. The van der Waals surface area contributed by atoms with Crippen molar-refractivity contribution in [3.8, 4) is 5.75 Å². The van der Waals surface area contributed by atoms with Crippen LogP contribution in [-0.4, -0.2) is 48.4 Å². The summed E-state index contributed by atoms with van der Waals surface area (Å²) in [5.41, 5.74) is 3.61. The fourth-order valence-electron chi connectivity index (χ4n) is 4.28. The molecular weight excluding hydrogens is 406 g/mol. The van der Waals surface area contributed by atoms with Crippen LogP contribution in [0.25, 0.3) is 6.08 Å². The molecule has 2 aliphatic rings. The molecule has 0 radical (unpaired) electrons. The summed E-state index contributed by atoms with van der Waals surface area (Å²) in [4.78, 5) is 38.7. The molecule has 4 rings (SSSR count). The first-order valence-corrected chi connectivity index (χ1v) is 10.8. The molecule has 6 nitrogen and oxygen atoms in total. The monoisotopic (exact) mass is 433 g/mol. The van der Waals surface area contributed by atoms with E-state index in [1.165, 1.54) is 7.11 Å². The quantitative estimate of drug-likeness (QED) is 0.538. The van der Waals surface area contributed by atoms with E-state index < -0.39 is 11.6 Å². The molecule has 0 atom stereocenters. The number of Topliss-reactive ketones (excluding diaryl/α,β-unsaturated/α-hetero) is 1. The zero-order valence-electron chi connectivity index (χ0n) is 18.6. The number of carbonyl (C=O) groups excluding carboxylic acids is 3. The highest BCUT2D eigenvalue weighted by Gasteiger charge is 2.43. The highest BCUT2D eigenvalue weighted by molar-refractivity contribution is 6.00. The molecule has 1 saturated heterocycles. The van der Waals surface area contributed by atoms with Gasteiger partial charge >= 0.3 is 5.97 Å². The molecule has 0 saturated carbocycles. The van der Waals surface area contributed by atoms with Gasteiger partial charge < -0.3 is 14.4 Å². The first-order chi connectivity index (χ1) is 15.3. The van der Waals surface area contributed by atoms with Gasteiger partial charge in [-0.15, -0.1) is 0 Å². The van der Waals surface area contributed by atoms with Gasteiger partial charge in [0.2, 0.25) is 5.91 Å². The van der Waals surface area contributed by atoms with Crippen LogP contribution in [0.1, 0.15) is 56.7 Å². The van der Waals surface area contributed by atoms with Crippen LogP contribution in [0.15, 0.2) is 42.5 Å². The van der Waals surface area contributed by atoms with Crippen molar-refractivity contribution >= 4 is 23.7 Å². The third-order valence-electron chi connectivity index (χ3n) is 6.44. The first-order valence-electron chi connectivity index (χ1n) is 10.8. The Morgan fingerprint density at radius 1 is 1.06 bits per heavy atom. The highest BCUT2D eigenvalue weighted by Crippen LogP contribution is 2.40. The molecule has 2 aromatic rings. The van der Waals surface area contributed by atoms with Crippen molar-refractivity contribution < 1.29 is 23.9 Å². The number of fused-ring (bicyclic) bond motifs is 1. The number of ketones is 1. The van der Waals surface area contributed by atoms with Crippen molar-refractivity contribution in [2.45, 2.75) is 38.7 Å². The number of amides is 1. The Hall–Kier alpha value is -3.41. The lowest BCUT2D eigenvalue weighted by atomic mass is 9.82. The maximum absolute atomic E-state index is 12.8. The summed E-state index contributed by atoms with van der Waals surface area (Å²) < 4.78 is 11.0. The van der Waals surface area contributed by atoms with Crippen molar-refractivity contribution in [3.05, 3.63) is 70.3 Å². The van der Waals surface area contributed by atoms with Gasteiger partial charge in [-0.1, -0.05) is 12.1 Å². The van der Waals surface area contributed by atoms with E-state index in [0.717, 1.165) is 16.7 Å². The van der Waals surface area contributed by atoms with Crippen LogP contribution >= 0.6 is 0 Å². The molecule has 0 aliphatic carbocycles. The normalized spacial score (nSPS) is 17.2. The number of piperidine rings is 1. The third kappa shape index (κ3) is 4.31. The van der Waals surface area contributed by atoms with E-state index in [2.05, 4.69) is 4.74 Å². The smallest absolute Gasteiger partial charge is 0.337 e. The average molecular weight is 434 g/mol. The van der Waals surface area contributed by atoms with Crippen LogP contribution in [0.4, 0.5) is 0 Å². The molecule has 32 heavy (non-hydrogen) atoms. The topological polar surface area (TPSA) is 72.9 Å². The van der Waals surface area contributed by atoms with Gasteiger partial charge in [-0.25, -0.2) is 4.79 Å². The maximum Gasteiger partial charge on any atom is 0.337 e. The van der Waals surface area contributed by atoms with Crippen LogP contribution in [-0.2, 0) is 9.53 Å². The van der Waals surface area contributed by atoms with Gasteiger partial charge in [0.05, 0.1) is 24.7 Å². The number of carbonyl (C=O) groups is 3. The Bertz CT molecular complexity index is 1090. The number of hydrogen-bond donors (Lipinski definition) is 0. The van der Waals surface area contributed by atoms with Crippen molar-refractivity contribution in [1.82, 2.24) is 4.90 Å². The van der Waals surface area contributed by atoms with Crippen LogP contribution in [0.5, 0.6) is 5.75 Å². The summed E-state index contributed by atoms with van der Waals surface area (Å²) in [5, 5.41) is 0. The molecule has 2 aliphatic heterocycles. The fourth-order valence-corrected chi connectivity index (χ4v) is 4.28. The number of hydrogen-bond acceptors (Lipinski definition) is 5. The molecular formula is C26H27NO5. The van der Waals surface area contributed by atoms with Crippen LogP contribution in [0.2, 0.25) is 0 Å². The summed E-state index contributed by atoms with van der Waals surface area (Å²) in [7, 11) is 1.34. The molecule has 6 heteroatoms. The van der Waals surface area contributed by atoms with E-state index in [-0.39, 0.29) is 11.7 Å². The minimum absolute atomic E-state index is 0.0779. The predicted octanol–water partition coefficient (Wildman–Crippen LogP) is 4.13. The number of likely N-dealkylation sites (tertiary alicyclic amines) is 1. The van der Waals surface area contributed by atoms with Gasteiger partial charge in [0.15, 0.2) is 5.78 Å². The second-order valence-corrected chi connectivity index (χ2v) is 8.59. The predicted molar refractivity (Wildman–Crippen MR) is 121 cm³/mol. The SMILES string of the molecule is COC(=O)c1ccc(/C=C/C(=O)N2CCC3(CC2)CC(=O)c2cc(C)c(C)cc2O3)cc1. The molecule has 1 spiro atoms. The van der Waals surface area contributed by atoms with E-state index in [1.807, 2.05) is 26.0 Å². The zero-order valence-corrected chi connectivity index (χ0v) is 18.6. The summed E-state index contributed by atoms with van der Waals surface area (Å²) in [6.07, 6.45) is 4.87. The van der Waals surface area contributed by atoms with E-state index in [0.29, 0.717) is 49.2 Å². The molecule has 1 fully saturated rings. The molecule has 0 bridgehead atoms. The number of esters is 1. The Labute approximate surface area is 187 Å². The second-order valence-electron chi connectivity index (χ2n) is 8.59. The molecule has 2 heterocycles. The lowest BCUT2D eigenvalue weighted by Gasteiger charge is -2.44. The number of methoxy groups -OCH3 is 1. The largest absolute Gasteiger partial charge is 0.486 e. The van der Waals surface area contributed by atoms with Crippen molar-refractivity contribution in [1.29, 1.82) is 0 Å². The number of ether oxygens (including phenoxy) is 2. The fraction of sp³-hybridized carbons (Fsp3) is 0.346. The van der Waals surface area contributed by atoms with Crippen LogP contribution in [0.3, 0.4) is 0 Å². The molecule has 0 aromatic heterocycles. The molecule has 0 N–H and O–H groups in total. The summed E-state index contributed by atoms with van der Waals surface area (Å²) in [5.74, 6) is 0.310. The number of aryl methyl sites for hydroxylation is 2. The first kappa shape index (κ1) is 21.8. The van der Waals surface area contributed by atoms with Gasteiger partial charge in [0.25, 0.3) is 0 Å². The third-order valence-corrected chi connectivity index (χ3v) is 6.44. The summed E-state index contributed by atoms with van der Waals surface area (Å²) in [6, 6.07) is 10.7. The van der Waals surface area contributed by atoms with E-state index in [1.54, 1.807) is 41.3 Å². The number of nitrogens with zero attached hydrogens (tertiary/aromatic N) is 1. The van der Waals surface area contributed by atoms with Crippen molar-refractivity contribution in [2.75, 3.05) is 20.2 Å². The molecule has 166 valence electrons. The van der Waals surface area contributed by atoms with Crippen molar-refractivity contribution in [2.24, 2.45) is 0 Å². The van der Waals surface area contributed by atoms with Gasteiger partial charge in [-0.2, -0.15) is 0 Å². The standard InChI is InChI=1S/C26H27NO5/c1-17-14-21-22(28)16-26(32-23(21)15-18(17)2)10-12-27(13-11-26)24(29)9-6-19-4-7-20(8-5-19)25(30)31-3/h4-9,14-15H,10-13,16H2,1-3H3/b9-6+. The Balaban J connectivity index is 1.38.